The van der Waals surface area contributed by atoms with Gasteiger partial charge in [0.2, 0.25) is 0 Å². The zero-order valence-electron chi connectivity index (χ0n) is 19.8. The number of carbonyl (C=O) groups excluding carboxylic acids is 2. The quantitative estimate of drug-likeness (QED) is 0.390. The van der Waals surface area contributed by atoms with E-state index in [9.17, 15) is 9.59 Å². The molecule has 2 saturated carbocycles. The molecule has 32 heavy (non-hydrogen) atoms. The van der Waals surface area contributed by atoms with Crippen LogP contribution in [0.5, 0.6) is 0 Å². The van der Waals surface area contributed by atoms with Crippen molar-refractivity contribution in [3.63, 3.8) is 0 Å². The van der Waals surface area contributed by atoms with Gasteiger partial charge < -0.3 is 39.4 Å². The Morgan fingerprint density at radius 1 is 0.938 bits per heavy atom. The third-order valence-corrected chi connectivity index (χ3v) is 9.83. The third kappa shape index (κ3) is 4.36. The molecule has 3 heterocycles. The second-order valence-electron chi connectivity index (χ2n) is 11.5. The van der Waals surface area contributed by atoms with Gasteiger partial charge in [-0.25, -0.2) is 0 Å². The Kier molecular flexibility index (Phi) is 8.61. The minimum Gasteiger partial charge on any atom is -1.00 e. The average molecular weight is 490 g/mol. The molecule has 5 fully saturated rings. The predicted molar refractivity (Wildman–Crippen MR) is 114 cm³/mol. The molecule has 184 valence electrons. The Morgan fingerprint density at radius 3 is 2.22 bits per heavy atom. The number of fused-ring (bicyclic) bond motifs is 3. The van der Waals surface area contributed by atoms with E-state index in [1.807, 2.05) is 0 Å². The van der Waals surface area contributed by atoms with Crippen LogP contribution in [0.3, 0.4) is 0 Å². The molecule has 0 radical (unpaired) electrons. The Balaban J connectivity index is 0.00000144. The number of ether oxygens (including phenoxy) is 1. The summed E-state index contributed by atoms with van der Waals surface area (Å²) in [6.07, 6.45) is 10.5. The van der Waals surface area contributed by atoms with Crippen LogP contribution in [-0.4, -0.2) is 56.6 Å². The highest BCUT2D eigenvalue weighted by molar-refractivity contribution is 5.90. The van der Waals surface area contributed by atoms with Gasteiger partial charge in [0.25, 0.3) is 0 Å². The summed E-state index contributed by atoms with van der Waals surface area (Å²) in [7, 11) is 0. The van der Waals surface area contributed by atoms with Gasteiger partial charge in [-0.1, -0.05) is 6.92 Å². The average Bonchev–Trinajstić information content (AvgIpc) is 3.18. The zero-order valence-corrected chi connectivity index (χ0v) is 21.4. The van der Waals surface area contributed by atoms with Crippen LogP contribution >= 0.6 is 0 Å². The molecule has 0 spiro atoms. The number of halogens is 2. The molecule has 0 aromatic heterocycles. The first-order valence-corrected chi connectivity index (χ1v) is 12.9. The molecule has 0 bridgehead atoms. The maximum Gasteiger partial charge on any atom is 0.315 e. The first-order chi connectivity index (χ1) is 14.5. The molecular weight excluding hydrogens is 447 g/mol. The molecule has 7 atom stereocenters. The second-order valence-corrected chi connectivity index (χ2v) is 11.5. The number of quaternary nitrogens is 2. The maximum absolute atomic E-state index is 13.6. The van der Waals surface area contributed by atoms with E-state index < -0.39 is 5.41 Å². The summed E-state index contributed by atoms with van der Waals surface area (Å²) in [5.41, 5.74) is -0.475. The summed E-state index contributed by atoms with van der Waals surface area (Å²) < 4.78 is 6.19. The number of carbonyl (C=O) groups is 2. The number of piperidine rings is 2. The van der Waals surface area contributed by atoms with Crippen LogP contribution in [-0.2, 0) is 14.3 Å². The van der Waals surface area contributed by atoms with Crippen LogP contribution in [0, 0.1) is 29.1 Å². The van der Waals surface area contributed by atoms with Crippen molar-refractivity contribution in [1.82, 2.24) is 0 Å². The highest BCUT2D eigenvalue weighted by Crippen LogP contribution is 2.56. The van der Waals surface area contributed by atoms with Gasteiger partial charge in [0.05, 0.1) is 50.6 Å². The topological polar surface area (TPSA) is 52.2 Å². The van der Waals surface area contributed by atoms with Crippen LogP contribution < -0.4 is 34.6 Å². The van der Waals surface area contributed by atoms with Gasteiger partial charge >= 0.3 is 5.97 Å². The molecule has 0 aromatic carbocycles. The Morgan fingerprint density at radius 2 is 1.56 bits per heavy atom. The highest BCUT2D eigenvalue weighted by Gasteiger charge is 2.67. The summed E-state index contributed by atoms with van der Waals surface area (Å²) in [5, 5.41) is 0. The number of hydrogen-bond acceptors (Lipinski definition) is 3. The Hall–Kier alpha value is -0.360. The van der Waals surface area contributed by atoms with Crippen molar-refractivity contribution in [2.45, 2.75) is 83.8 Å². The normalized spacial score (nSPS) is 42.8. The van der Waals surface area contributed by atoms with Crippen molar-refractivity contribution >= 4 is 11.8 Å². The smallest absolute Gasteiger partial charge is 0.315 e. The fourth-order valence-corrected chi connectivity index (χ4v) is 8.30. The molecule has 5 aliphatic rings. The molecule has 0 aromatic rings. The summed E-state index contributed by atoms with van der Waals surface area (Å²) in [5.74, 6) is 1.52. The van der Waals surface area contributed by atoms with Crippen molar-refractivity contribution in [2.24, 2.45) is 29.1 Å². The molecule has 3 aliphatic heterocycles. The SMILES string of the molecule is C[C@H]1CC[C@H]2C(C[NH+]3CCCCC3)C(=O)O[C@H]2[C@]2(C)C(=O)CC([NH+]3CCCCC3)[C@@H]12.[Cl-].[Cl-]. The number of hydrogen-bond donors (Lipinski definition) is 2. The summed E-state index contributed by atoms with van der Waals surface area (Å²) >= 11 is 0. The van der Waals surface area contributed by atoms with Crippen LogP contribution in [0.25, 0.3) is 0 Å². The predicted octanol–water partition coefficient (Wildman–Crippen LogP) is -5.32. The molecule has 2 N–H and O–H groups in total. The lowest BCUT2D eigenvalue weighted by Crippen LogP contribution is -3.17. The first kappa shape index (κ1) is 26.2. The Labute approximate surface area is 206 Å². The van der Waals surface area contributed by atoms with E-state index in [0.717, 1.165) is 19.4 Å². The van der Waals surface area contributed by atoms with Gasteiger partial charge in [0.1, 0.15) is 17.8 Å². The second kappa shape index (κ2) is 10.5. The van der Waals surface area contributed by atoms with Crippen molar-refractivity contribution < 1.29 is 48.9 Å². The van der Waals surface area contributed by atoms with E-state index in [1.54, 1.807) is 9.80 Å². The molecule has 3 saturated heterocycles. The van der Waals surface area contributed by atoms with Crippen molar-refractivity contribution in [2.75, 3.05) is 32.7 Å². The van der Waals surface area contributed by atoms with Crippen LogP contribution in [0.15, 0.2) is 0 Å². The van der Waals surface area contributed by atoms with Crippen LogP contribution in [0.4, 0.5) is 0 Å². The van der Waals surface area contributed by atoms with Gasteiger partial charge in [0.15, 0.2) is 0 Å². The fourth-order valence-electron chi connectivity index (χ4n) is 8.30. The summed E-state index contributed by atoms with van der Waals surface area (Å²) in [6.45, 7) is 10.3. The van der Waals surface area contributed by atoms with Gasteiger partial charge in [-0.3, -0.25) is 9.59 Å². The number of esters is 1. The molecule has 5 nitrogen and oxygen atoms in total. The van der Waals surface area contributed by atoms with Crippen molar-refractivity contribution in [3.8, 4) is 0 Å². The number of rotatable bonds is 3. The summed E-state index contributed by atoms with van der Waals surface area (Å²) in [6, 6.07) is 0.432. The van der Waals surface area contributed by atoms with Gasteiger partial charge in [-0.15, -0.1) is 0 Å². The minimum absolute atomic E-state index is 0. The van der Waals surface area contributed by atoms with E-state index >= 15 is 0 Å². The molecule has 0 amide bonds. The van der Waals surface area contributed by atoms with Crippen molar-refractivity contribution in [3.05, 3.63) is 0 Å². The van der Waals surface area contributed by atoms with Gasteiger partial charge in [-0.2, -0.15) is 0 Å². The minimum atomic E-state index is -0.475. The van der Waals surface area contributed by atoms with Crippen LogP contribution in [0.2, 0.25) is 0 Å². The summed E-state index contributed by atoms with van der Waals surface area (Å²) in [4.78, 5) is 29.9. The zero-order chi connectivity index (χ0) is 20.9. The molecular formula is C25H42Cl2N2O3. The van der Waals surface area contributed by atoms with E-state index in [4.69, 9.17) is 4.74 Å². The van der Waals surface area contributed by atoms with Crippen LogP contribution in [0.1, 0.15) is 71.6 Å². The van der Waals surface area contributed by atoms with Gasteiger partial charge in [0, 0.05) is 11.8 Å². The number of ketones is 1. The first-order valence-electron chi connectivity index (χ1n) is 12.9. The largest absolute Gasteiger partial charge is 1.00 e. The number of Topliss-reactive ketones (excluding diaryl/α,β-unsaturated/α-hetero) is 1. The third-order valence-electron chi connectivity index (χ3n) is 9.83. The molecule has 2 unspecified atom stereocenters. The number of likely N-dealkylation sites (tertiary alicyclic amines) is 2. The highest BCUT2D eigenvalue weighted by atomic mass is 35.5. The lowest BCUT2D eigenvalue weighted by molar-refractivity contribution is -0.933. The number of nitrogens with one attached hydrogen (secondary N) is 2. The van der Waals surface area contributed by atoms with Gasteiger partial charge in [-0.05, 0) is 64.2 Å². The monoisotopic (exact) mass is 488 g/mol. The molecule has 2 aliphatic carbocycles. The van der Waals surface area contributed by atoms with E-state index in [0.29, 0.717) is 30.1 Å². The standard InChI is InChI=1S/C25H40N2O3.2ClH/c1-17-9-10-18-19(16-26-11-5-3-6-12-26)24(29)30-23(18)25(2)21(28)15-20(22(17)25)27-13-7-4-8-14-27;;/h17-20,22-23H,3-16H2,1-2H3;2*1H/t17-,18-,19?,20?,22+,23+,25+;;/m0../s1. The van der Waals surface area contributed by atoms with E-state index in [1.165, 1.54) is 64.7 Å². The lowest BCUT2D eigenvalue weighted by Gasteiger charge is -2.41. The maximum atomic E-state index is 13.6. The lowest BCUT2D eigenvalue weighted by atomic mass is 9.67. The Bertz CT molecular complexity index is 680. The molecule has 5 rings (SSSR count). The van der Waals surface area contributed by atoms with Crippen molar-refractivity contribution in [1.29, 1.82) is 0 Å². The van der Waals surface area contributed by atoms with E-state index in [2.05, 4.69) is 13.8 Å². The molecule has 7 heteroatoms. The fraction of sp³-hybridized carbons (Fsp3) is 0.920. The van der Waals surface area contributed by atoms with E-state index in [-0.39, 0.29) is 48.7 Å².